The van der Waals surface area contributed by atoms with Crippen molar-refractivity contribution in [1.29, 1.82) is 0 Å². The summed E-state index contributed by atoms with van der Waals surface area (Å²) in [5, 5.41) is 22.1. The fraction of sp³-hybridized carbons (Fsp3) is 0.739. The number of hydrogen-bond acceptors (Lipinski definition) is 6. The van der Waals surface area contributed by atoms with Crippen molar-refractivity contribution in [3.8, 4) is 0 Å². The van der Waals surface area contributed by atoms with Gasteiger partial charge in [0.15, 0.2) is 6.23 Å². The molecule has 0 spiro atoms. The number of fused-ring (bicyclic) bond motifs is 1. The monoisotopic (exact) mass is 416 g/mol. The highest BCUT2D eigenvalue weighted by Crippen LogP contribution is 2.40. The van der Waals surface area contributed by atoms with Crippen molar-refractivity contribution in [3.05, 3.63) is 18.6 Å². The molecular formula is C23H36N4O3. The van der Waals surface area contributed by atoms with Crippen molar-refractivity contribution in [2.75, 3.05) is 5.73 Å². The first-order valence-corrected chi connectivity index (χ1v) is 11.6. The molecule has 1 saturated carbocycles. The lowest BCUT2D eigenvalue weighted by molar-refractivity contribution is -0.0402. The Morgan fingerprint density at radius 2 is 1.73 bits per heavy atom. The van der Waals surface area contributed by atoms with Gasteiger partial charge in [0.1, 0.15) is 30.0 Å². The summed E-state index contributed by atoms with van der Waals surface area (Å²) in [7, 11) is 0. The highest BCUT2D eigenvalue weighted by Gasteiger charge is 2.44. The minimum atomic E-state index is -1.00. The summed E-state index contributed by atoms with van der Waals surface area (Å²) in [4.78, 5) is 8.31. The van der Waals surface area contributed by atoms with Crippen LogP contribution in [0.2, 0.25) is 0 Å². The van der Waals surface area contributed by atoms with Gasteiger partial charge in [0, 0.05) is 6.20 Å². The van der Waals surface area contributed by atoms with Crippen LogP contribution in [0, 0.1) is 5.41 Å². The van der Waals surface area contributed by atoms with E-state index in [1.165, 1.54) is 64.1 Å². The summed E-state index contributed by atoms with van der Waals surface area (Å²) in [5.41, 5.74) is 6.82. The van der Waals surface area contributed by atoms with E-state index in [4.69, 9.17) is 10.5 Å². The van der Waals surface area contributed by atoms with Gasteiger partial charge in [-0.3, -0.25) is 0 Å². The average molecular weight is 417 g/mol. The zero-order chi connectivity index (χ0) is 21.1. The zero-order valence-corrected chi connectivity index (χ0v) is 18.0. The van der Waals surface area contributed by atoms with Gasteiger partial charge in [0.25, 0.3) is 0 Å². The predicted octanol–water partition coefficient (Wildman–Crippen LogP) is 3.94. The third-order valence-electron chi connectivity index (χ3n) is 7.24. The highest BCUT2D eigenvalue weighted by atomic mass is 16.6. The lowest BCUT2D eigenvalue weighted by Crippen LogP contribution is -2.32. The molecule has 4 rings (SSSR count). The van der Waals surface area contributed by atoms with Gasteiger partial charge in [-0.05, 0) is 37.2 Å². The Morgan fingerprint density at radius 1 is 1.07 bits per heavy atom. The van der Waals surface area contributed by atoms with Crippen LogP contribution >= 0.6 is 0 Å². The SMILES string of the molecule is CC1(CCC2OC(n3ccc4c(N)ncnc43)C(O)C2O)CCCCCCCCC1. The third-order valence-corrected chi connectivity index (χ3v) is 7.24. The molecule has 3 heterocycles. The summed E-state index contributed by atoms with van der Waals surface area (Å²) in [5.74, 6) is 0.396. The Balaban J connectivity index is 1.43. The number of aromatic nitrogens is 3. The van der Waals surface area contributed by atoms with E-state index in [9.17, 15) is 10.2 Å². The quantitative estimate of drug-likeness (QED) is 0.697. The second-order valence-electron chi connectivity index (χ2n) is 9.59. The second kappa shape index (κ2) is 9.20. The van der Waals surface area contributed by atoms with Gasteiger partial charge in [-0.15, -0.1) is 0 Å². The molecule has 0 aromatic carbocycles. The molecular weight excluding hydrogens is 380 g/mol. The number of nitrogens with two attached hydrogens (primary N) is 1. The number of rotatable bonds is 4. The van der Waals surface area contributed by atoms with E-state index in [1.54, 1.807) is 10.8 Å². The molecule has 2 aromatic heterocycles. The first-order valence-electron chi connectivity index (χ1n) is 11.6. The lowest BCUT2D eigenvalue weighted by atomic mass is 9.75. The number of nitrogens with zero attached hydrogens (tertiary/aromatic N) is 3. The number of ether oxygens (including phenoxy) is 1. The summed E-state index contributed by atoms with van der Waals surface area (Å²) in [6, 6.07) is 1.82. The molecule has 30 heavy (non-hydrogen) atoms. The van der Waals surface area contributed by atoms with E-state index in [-0.39, 0.29) is 11.5 Å². The molecule has 166 valence electrons. The van der Waals surface area contributed by atoms with E-state index >= 15 is 0 Å². The van der Waals surface area contributed by atoms with E-state index in [2.05, 4.69) is 16.9 Å². The first kappa shape index (κ1) is 21.5. The predicted molar refractivity (Wildman–Crippen MR) is 117 cm³/mol. The lowest BCUT2D eigenvalue weighted by Gasteiger charge is -2.32. The van der Waals surface area contributed by atoms with Crippen LogP contribution in [-0.4, -0.2) is 43.1 Å². The standard InChI is InChI=1S/C23H36N4O3/c1-23(11-7-5-3-2-4-6-8-12-23)13-9-17-18(28)19(29)22(30-17)27-14-10-16-20(24)25-15-26-21(16)27/h10,14-15,17-19,22,28-29H,2-9,11-13H2,1H3,(H2,24,25,26). The van der Waals surface area contributed by atoms with Crippen molar-refractivity contribution < 1.29 is 14.9 Å². The molecule has 1 aliphatic carbocycles. The molecule has 2 fully saturated rings. The zero-order valence-electron chi connectivity index (χ0n) is 18.0. The molecule has 0 radical (unpaired) electrons. The Morgan fingerprint density at radius 3 is 2.43 bits per heavy atom. The Bertz CT molecular complexity index is 829. The summed E-state index contributed by atoms with van der Waals surface area (Å²) in [6.07, 6.45) is 13.8. The van der Waals surface area contributed by atoms with Crippen molar-refractivity contribution in [2.45, 2.75) is 102 Å². The van der Waals surface area contributed by atoms with Gasteiger partial charge in [-0.2, -0.15) is 0 Å². The number of nitrogen functional groups attached to an aromatic ring is 1. The van der Waals surface area contributed by atoms with Crippen LogP contribution in [0.25, 0.3) is 11.0 Å². The van der Waals surface area contributed by atoms with Crippen LogP contribution < -0.4 is 5.73 Å². The molecule has 0 bridgehead atoms. The van der Waals surface area contributed by atoms with Gasteiger partial charge in [-0.1, -0.05) is 51.9 Å². The molecule has 7 nitrogen and oxygen atoms in total. The largest absolute Gasteiger partial charge is 0.388 e. The summed E-state index contributed by atoms with van der Waals surface area (Å²) in [6.45, 7) is 2.39. The van der Waals surface area contributed by atoms with Gasteiger partial charge in [0.05, 0.1) is 11.5 Å². The average Bonchev–Trinajstić information content (AvgIpc) is 3.28. The molecule has 2 aromatic rings. The van der Waals surface area contributed by atoms with Crippen molar-refractivity contribution >= 4 is 16.9 Å². The Labute approximate surface area is 178 Å². The molecule has 4 atom stereocenters. The maximum absolute atomic E-state index is 10.7. The second-order valence-corrected chi connectivity index (χ2v) is 9.59. The van der Waals surface area contributed by atoms with E-state index in [0.29, 0.717) is 11.5 Å². The van der Waals surface area contributed by atoms with Crippen molar-refractivity contribution in [3.63, 3.8) is 0 Å². The molecule has 4 N–H and O–H groups in total. The van der Waals surface area contributed by atoms with Crippen LogP contribution in [-0.2, 0) is 4.74 Å². The van der Waals surface area contributed by atoms with Crippen LogP contribution in [0.5, 0.6) is 0 Å². The number of hydrogen-bond donors (Lipinski definition) is 3. The minimum absolute atomic E-state index is 0.283. The molecule has 1 saturated heterocycles. The Kier molecular flexibility index (Phi) is 6.60. The summed E-state index contributed by atoms with van der Waals surface area (Å²) >= 11 is 0. The van der Waals surface area contributed by atoms with Gasteiger partial charge in [-0.25, -0.2) is 9.97 Å². The molecule has 0 amide bonds. The molecule has 2 aliphatic rings. The van der Waals surface area contributed by atoms with Gasteiger partial charge in [0.2, 0.25) is 0 Å². The maximum Gasteiger partial charge on any atom is 0.164 e. The van der Waals surface area contributed by atoms with Crippen LogP contribution in [0.15, 0.2) is 18.6 Å². The van der Waals surface area contributed by atoms with Crippen LogP contribution in [0.4, 0.5) is 5.82 Å². The van der Waals surface area contributed by atoms with E-state index in [1.807, 2.05) is 6.07 Å². The fourth-order valence-electron chi connectivity index (χ4n) is 5.25. The van der Waals surface area contributed by atoms with Crippen molar-refractivity contribution in [2.24, 2.45) is 5.41 Å². The molecule has 7 heteroatoms. The number of anilines is 1. The van der Waals surface area contributed by atoms with Crippen LogP contribution in [0.1, 0.15) is 83.8 Å². The number of aliphatic hydroxyl groups is 2. The number of aliphatic hydroxyl groups excluding tert-OH is 2. The maximum atomic E-state index is 10.7. The molecule has 1 aliphatic heterocycles. The third kappa shape index (κ3) is 4.48. The topological polar surface area (TPSA) is 106 Å². The van der Waals surface area contributed by atoms with Crippen LogP contribution in [0.3, 0.4) is 0 Å². The normalized spacial score (nSPS) is 30.5. The highest BCUT2D eigenvalue weighted by molar-refractivity contribution is 5.86. The summed E-state index contributed by atoms with van der Waals surface area (Å²) < 4.78 is 7.93. The van der Waals surface area contributed by atoms with Gasteiger partial charge < -0.3 is 25.3 Å². The van der Waals surface area contributed by atoms with E-state index < -0.39 is 18.4 Å². The minimum Gasteiger partial charge on any atom is -0.388 e. The van der Waals surface area contributed by atoms with Gasteiger partial charge >= 0.3 is 0 Å². The Hall–Kier alpha value is -1.70. The first-order chi connectivity index (χ1) is 14.5. The van der Waals surface area contributed by atoms with Crippen molar-refractivity contribution in [1.82, 2.24) is 14.5 Å². The van der Waals surface area contributed by atoms with E-state index in [0.717, 1.165) is 18.2 Å². The fourth-order valence-corrected chi connectivity index (χ4v) is 5.25. The smallest absolute Gasteiger partial charge is 0.164 e. The molecule has 4 unspecified atom stereocenters.